The highest BCUT2D eigenvalue weighted by Crippen LogP contribution is 2.35. The van der Waals surface area contributed by atoms with Gasteiger partial charge in [-0.2, -0.15) is 13.2 Å². The number of carbonyl (C=O) groups is 1. The van der Waals surface area contributed by atoms with Gasteiger partial charge in [0.1, 0.15) is 11.4 Å². The van der Waals surface area contributed by atoms with Gasteiger partial charge in [0.15, 0.2) is 0 Å². The number of nitrogens with two attached hydrogens (primary N) is 1. The quantitative estimate of drug-likeness (QED) is 0.647. The number of carbonyl (C=O) groups excluding carboxylic acids is 1. The van der Waals surface area contributed by atoms with Crippen LogP contribution in [0, 0.1) is 5.82 Å². The van der Waals surface area contributed by atoms with Crippen LogP contribution in [0.15, 0.2) is 24.8 Å². The van der Waals surface area contributed by atoms with E-state index in [0.29, 0.717) is 6.07 Å². The van der Waals surface area contributed by atoms with Crippen molar-refractivity contribution in [2.75, 3.05) is 0 Å². The van der Waals surface area contributed by atoms with E-state index in [2.05, 4.69) is 6.58 Å². The first-order chi connectivity index (χ1) is 7.79. The SMILES string of the molecule is C=CCc1ccc(F)c(C(F)(F)F)c1C(N)=O. The first-order valence-electron chi connectivity index (χ1n) is 4.58. The van der Waals surface area contributed by atoms with Gasteiger partial charge in [-0.05, 0) is 18.1 Å². The molecule has 0 fully saturated rings. The summed E-state index contributed by atoms with van der Waals surface area (Å²) in [6, 6.07) is 1.75. The highest BCUT2D eigenvalue weighted by molar-refractivity contribution is 5.96. The number of hydrogen-bond acceptors (Lipinski definition) is 1. The maximum atomic E-state index is 13.2. The van der Waals surface area contributed by atoms with E-state index >= 15 is 0 Å². The fourth-order valence-corrected chi connectivity index (χ4v) is 1.50. The summed E-state index contributed by atoms with van der Waals surface area (Å²) in [5, 5.41) is 0. The van der Waals surface area contributed by atoms with E-state index in [1.165, 1.54) is 6.08 Å². The zero-order chi connectivity index (χ0) is 13.2. The van der Waals surface area contributed by atoms with Crippen LogP contribution in [-0.4, -0.2) is 5.91 Å². The molecule has 1 aromatic rings. The van der Waals surface area contributed by atoms with Crippen LogP contribution < -0.4 is 5.73 Å². The predicted octanol–water partition coefficient (Wildman–Crippen LogP) is 2.67. The van der Waals surface area contributed by atoms with E-state index in [4.69, 9.17) is 5.73 Å². The smallest absolute Gasteiger partial charge is 0.366 e. The van der Waals surface area contributed by atoms with Crippen molar-refractivity contribution in [1.29, 1.82) is 0 Å². The summed E-state index contributed by atoms with van der Waals surface area (Å²) in [5.41, 5.74) is 2.42. The Bertz CT molecular complexity index is 465. The Morgan fingerprint density at radius 3 is 2.41 bits per heavy atom. The fourth-order valence-electron chi connectivity index (χ4n) is 1.50. The molecule has 0 aromatic heterocycles. The van der Waals surface area contributed by atoms with Crippen molar-refractivity contribution in [1.82, 2.24) is 0 Å². The standard InChI is InChI=1S/C11H9F4NO/c1-2-3-6-4-5-7(12)9(11(13,14)15)8(6)10(16)17/h2,4-5H,1,3H2,(H2,16,17). The monoisotopic (exact) mass is 247 g/mol. The molecule has 0 aliphatic heterocycles. The van der Waals surface area contributed by atoms with E-state index in [1.54, 1.807) is 0 Å². The molecule has 0 unspecified atom stereocenters. The molecule has 1 rings (SSSR count). The molecule has 1 amide bonds. The summed E-state index contributed by atoms with van der Waals surface area (Å²) in [5.74, 6) is -2.83. The van der Waals surface area contributed by atoms with Crippen molar-refractivity contribution in [3.8, 4) is 0 Å². The molecule has 0 aliphatic carbocycles. The number of allylic oxidation sites excluding steroid dienone is 1. The third-order valence-corrected chi connectivity index (χ3v) is 2.13. The Labute approximate surface area is 94.7 Å². The van der Waals surface area contributed by atoms with Crippen LogP contribution in [0.2, 0.25) is 0 Å². The normalized spacial score (nSPS) is 11.3. The zero-order valence-corrected chi connectivity index (χ0v) is 8.64. The molecule has 17 heavy (non-hydrogen) atoms. The van der Waals surface area contributed by atoms with Gasteiger partial charge in [0.05, 0.1) is 5.56 Å². The lowest BCUT2D eigenvalue weighted by Gasteiger charge is -2.14. The van der Waals surface area contributed by atoms with Crippen molar-refractivity contribution in [3.63, 3.8) is 0 Å². The lowest BCUT2D eigenvalue weighted by Crippen LogP contribution is -2.22. The van der Waals surface area contributed by atoms with E-state index in [0.717, 1.165) is 6.07 Å². The highest BCUT2D eigenvalue weighted by atomic mass is 19.4. The molecular weight excluding hydrogens is 238 g/mol. The van der Waals surface area contributed by atoms with Crippen LogP contribution in [0.3, 0.4) is 0 Å². The van der Waals surface area contributed by atoms with Gasteiger partial charge in [-0.1, -0.05) is 12.1 Å². The van der Waals surface area contributed by atoms with Crippen molar-refractivity contribution in [2.45, 2.75) is 12.6 Å². The molecule has 6 heteroatoms. The average molecular weight is 247 g/mol. The average Bonchev–Trinajstić information content (AvgIpc) is 2.18. The molecule has 0 aliphatic rings. The fraction of sp³-hybridized carbons (Fsp3) is 0.182. The van der Waals surface area contributed by atoms with Crippen LogP contribution in [0.5, 0.6) is 0 Å². The predicted molar refractivity (Wildman–Crippen MR) is 53.8 cm³/mol. The second-order valence-electron chi connectivity index (χ2n) is 3.31. The molecule has 0 heterocycles. The molecule has 0 radical (unpaired) electrons. The van der Waals surface area contributed by atoms with Gasteiger partial charge in [0, 0.05) is 0 Å². The van der Waals surface area contributed by atoms with Gasteiger partial charge < -0.3 is 5.73 Å². The summed E-state index contributed by atoms with van der Waals surface area (Å²) >= 11 is 0. The van der Waals surface area contributed by atoms with Gasteiger partial charge >= 0.3 is 6.18 Å². The minimum absolute atomic E-state index is 0.00113. The number of hydrogen-bond donors (Lipinski definition) is 1. The van der Waals surface area contributed by atoms with E-state index in [-0.39, 0.29) is 12.0 Å². The second-order valence-corrected chi connectivity index (χ2v) is 3.31. The molecule has 2 N–H and O–H groups in total. The molecule has 0 saturated carbocycles. The van der Waals surface area contributed by atoms with Gasteiger partial charge in [-0.25, -0.2) is 4.39 Å². The molecule has 0 bridgehead atoms. The Kier molecular flexibility index (Phi) is 3.55. The first-order valence-corrected chi connectivity index (χ1v) is 4.58. The maximum absolute atomic E-state index is 13.2. The second kappa shape index (κ2) is 4.57. The maximum Gasteiger partial charge on any atom is 0.420 e. The Morgan fingerprint density at radius 2 is 2.00 bits per heavy atom. The zero-order valence-electron chi connectivity index (χ0n) is 8.64. The Morgan fingerprint density at radius 1 is 1.41 bits per heavy atom. The summed E-state index contributed by atoms with van der Waals surface area (Å²) in [4.78, 5) is 11.0. The van der Waals surface area contributed by atoms with Crippen molar-refractivity contribution in [3.05, 3.63) is 47.3 Å². The van der Waals surface area contributed by atoms with Crippen LogP contribution in [0.1, 0.15) is 21.5 Å². The number of alkyl halides is 3. The third-order valence-electron chi connectivity index (χ3n) is 2.13. The Balaban J connectivity index is 3.60. The molecule has 1 aromatic carbocycles. The summed E-state index contributed by atoms with van der Waals surface area (Å²) in [6.45, 7) is 3.34. The number of primary amides is 1. The van der Waals surface area contributed by atoms with Crippen LogP contribution in [0.4, 0.5) is 17.6 Å². The van der Waals surface area contributed by atoms with Crippen LogP contribution >= 0.6 is 0 Å². The number of amides is 1. The van der Waals surface area contributed by atoms with Crippen LogP contribution in [-0.2, 0) is 12.6 Å². The van der Waals surface area contributed by atoms with E-state index < -0.39 is 29.0 Å². The Hall–Kier alpha value is -1.85. The molecule has 2 nitrogen and oxygen atoms in total. The minimum atomic E-state index is -4.97. The van der Waals surface area contributed by atoms with Gasteiger partial charge in [0.2, 0.25) is 5.91 Å². The lowest BCUT2D eigenvalue weighted by atomic mass is 9.97. The van der Waals surface area contributed by atoms with Gasteiger partial charge in [-0.15, -0.1) is 6.58 Å². The number of halogens is 4. The number of rotatable bonds is 3. The van der Waals surface area contributed by atoms with E-state index in [9.17, 15) is 22.4 Å². The highest BCUT2D eigenvalue weighted by Gasteiger charge is 2.39. The molecular formula is C11H9F4NO. The summed E-state index contributed by atoms with van der Waals surface area (Å²) in [6.07, 6.45) is -3.66. The lowest BCUT2D eigenvalue weighted by molar-refractivity contribution is -0.140. The molecule has 0 spiro atoms. The third kappa shape index (κ3) is 2.64. The molecule has 0 saturated heterocycles. The van der Waals surface area contributed by atoms with Crippen molar-refractivity contribution >= 4 is 5.91 Å². The van der Waals surface area contributed by atoms with Gasteiger partial charge in [-0.3, -0.25) is 4.79 Å². The topological polar surface area (TPSA) is 43.1 Å². The summed E-state index contributed by atoms with van der Waals surface area (Å²) < 4.78 is 51.0. The minimum Gasteiger partial charge on any atom is -0.366 e. The molecule has 0 atom stereocenters. The summed E-state index contributed by atoms with van der Waals surface area (Å²) in [7, 11) is 0. The first kappa shape index (κ1) is 13.2. The van der Waals surface area contributed by atoms with Crippen molar-refractivity contribution < 1.29 is 22.4 Å². The van der Waals surface area contributed by atoms with Gasteiger partial charge in [0.25, 0.3) is 0 Å². The van der Waals surface area contributed by atoms with E-state index in [1.807, 2.05) is 0 Å². The largest absolute Gasteiger partial charge is 0.420 e. The molecule has 92 valence electrons. The van der Waals surface area contributed by atoms with Crippen molar-refractivity contribution in [2.24, 2.45) is 5.73 Å². The van der Waals surface area contributed by atoms with Crippen LogP contribution in [0.25, 0.3) is 0 Å². The number of benzene rings is 1.